The maximum absolute atomic E-state index is 11.9. The molecule has 0 heterocycles. The quantitative estimate of drug-likeness (QED) is 0.721. The molecule has 0 bridgehead atoms. The number of hydrogen-bond acceptors (Lipinski definition) is 4. The minimum Gasteiger partial charge on any atom is -0.493 e. The molecule has 2 N–H and O–H groups in total. The Morgan fingerprint density at radius 1 is 1.24 bits per heavy atom. The lowest BCUT2D eigenvalue weighted by Crippen LogP contribution is -2.44. The second-order valence-electron chi connectivity index (χ2n) is 7.40. The van der Waals surface area contributed by atoms with Crippen molar-refractivity contribution in [2.45, 2.75) is 47.6 Å². The number of amides is 1. The Morgan fingerprint density at radius 2 is 1.92 bits per heavy atom. The maximum atomic E-state index is 11.9. The number of ether oxygens (including phenoxy) is 2. The van der Waals surface area contributed by atoms with Gasteiger partial charge in [0.1, 0.15) is 0 Å². The lowest BCUT2D eigenvalue weighted by molar-refractivity contribution is -0.126. The number of nitrogens with one attached hydrogen (secondary N) is 2. The molecule has 0 atom stereocenters. The van der Waals surface area contributed by atoms with Crippen LogP contribution in [0.15, 0.2) is 18.2 Å². The van der Waals surface area contributed by atoms with E-state index >= 15 is 0 Å². The van der Waals surface area contributed by atoms with Gasteiger partial charge >= 0.3 is 0 Å². The van der Waals surface area contributed by atoms with Crippen LogP contribution in [-0.4, -0.2) is 24.7 Å². The van der Waals surface area contributed by atoms with E-state index in [4.69, 9.17) is 21.7 Å². The van der Waals surface area contributed by atoms with Crippen LogP contribution in [0.3, 0.4) is 0 Å². The van der Waals surface area contributed by atoms with Crippen LogP contribution in [0.5, 0.6) is 11.5 Å². The summed E-state index contributed by atoms with van der Waals surface area (Å²) >= 11 is 5.17. The van der Waals surface area contributed by atoms with Crippen molar-refractivity contribution in [2.75, 3.05) is 13.7 Å². The molecule has 5 nitrogen and oxygen atoms in total. The molecular formula is C19H30N2O3S. The SMILES string of the molecule is COc1cc(CNC(=S)NC(=O)C(C)(C)C)ccc1OCCC(C)C. The number of benzene rings is 1. The van der Waals surface area contributed by atoms with Crippen LogP contribution in [0.1, 0.15) is 46.6 Å². The highest BCUT2D eigenvalue weighted by Gasteiger charge is 2.21. The Hall–Kier alpha value is -1.82. The Balaban J connectivity index is 2.59. The normalized spacial score (nSPS) is 11.2. The molecule has 0 unspecified atom stereocenters. The first-order valence-electron chi connectivity index (χ1n) is 8.52. The molecule has 0 fully saturated rings. The standard InChI is InChI=1S/C19H30N2O3S/c1-13(2)9-10-24-15-8-7-14(11-16(15)23-6)12-20-18(25)21-17(22)19(3,4)5/h7-8,11,13H,9-10,12H2,1-6H3,(H2,20,21,22,25). The molecule has 140 valence electrons. The van der Waals surface area contributed by atoms with Gasteiger partial charge in [-0.1, -0.05) is 40.7 Å². The highest BCUT2D eigenvalue weighted by Crippen LogP contribution is 2.28. The molecule has 0 aromatic heterocycles. The van der Waals surface area contributed by atoms with Gasteiger partial charge in [0.2, 0.25) is 5.91 Å². The minimum absolute atomic E-state index is 0.114. The summed E-state index contributed by atoms with van der Waals surface area (Å²) in [6.07, 6.45) is 0.994. The van der Waals surface area contributed by atoms with E-state index in [1.54, 1.807) is 7.11 Å². The summed E-state index contributed by atoms with van der Waals surface area (Å²) in [4.78, 5) is 11.9. The van der Waals surface area contributed by atoms with Crippen molar-refractivity contribution in [3.8, 4) is 11.5 Å². The van der Waals surface area contributed by atoms with Gasteiger partial charge in [-0.2, -0.15) is 0 Å². The molecule has 1 amide bonds. The third kappa shape index (κ3) is 7.73. The topological polar surface area (TPSA) is 59.6 Å². The van der Waals surface area contributed by atoms with E-state index in [-0.39, 0.29) is 5.91 Å². The van der Waals surface area contributed by atoms with Gasteiger partial charge in [-0.25, -0.2) is 0 Å². The van der Waals surface area contributed by atoms with E-state index in [2.05, 4.69) is 24.5 Å². The van der Waals surface area contributed by atoms with Crippen LogP contribution in [0.25, 0.3) is 0 Å². The third-order valence-electron chi connectivity index (χ3n) is 3.54. The molecule has 0 aliphatic heterocycles. The van der Waals surface area contributed by atoms with E-state index in [0.29, 0.717) is 29.9 Å². The van der Waals surface area contributed by atoms with Crippen LogP contribution in [-0.2, 0) is 11.3 Å². The summed E-state index contributed by atoms with van der Waals surface area (Å²) in [7, 11) is 1.62. The Labute approximate surface area is 156 Å². The van der Waals surface area contributed by atoms with E-state index in [9.17, 15) is 4.79 Å². The van der Waals surface area contributed by atoms with Crippen LogP contribution < -0.4 is 20.1 Å². The summed E-state index contributed by atoms with van der Waals surface area (Å²) in [6.45, 7) is 11.0. The molecule has 0 saturated carbocycles. The fourth-order valence-electron chi connectivity index (χ4n) is 1.86. The monoisotopic (exact) mass is 366 g/mol. The summed E-state index contributed by atoms with van der Waals surface area (Å²) in [5.41, 5.74) is 0.504. The Morgan fingerprint density at radius 3 is 2.48 bits per heavy atom. The Bertz CT molecular complexity index is 595. The molecule has 0 radical (unpaired) electrons. The minimum atomic E-state index is -0.482. The van der Waals surface area contributed by atoms with Gasteiger partial charge in [-0.3, -0.25) is 4.79 Å². The molecule has 0 spiro atoms. The highest BCUT2D eigenvalue weighted by molar-refractivity contribution is 7.80. The van der Waals surface area contributed by atoms with Crippen molar-refractivity contribution < 1.29 is 14.3 Å². The summed E-state index contributed by atoms with van der Waals surface area (Å²) < 4.78 is 11.2. The summed E-state index contributed by atoms with van der Waals surface area (Å²) in [5.74, 6) is 1.90. The number of thiocarbonyl (C=S) groups is 1. The van der Waals surface area contributed by atoms with Gasteiger partial charge in [0.25, 0.3) is 0 Å². The predicted molar refractivity (Wildman–Crippen MR) is 105 cm³/mol. The van der Waals surface area contributed by atoms with Gasteiger partial charge in [0, 0.05) is 12.0 Å². The van der Waals surface area contributed by atoms with E-state index in [1.807, 2.05) is 39.0 Å². The molecule has 0 saturated heterocycles. The van der Waals surface area contributed by atoms with Crippen molar-refractivity contribution >= 4 is 23.2 Å². The number of carbonyl (C=O) groups is 1. The van der Waals surface area contributed by atoms with Crippen molar-refractivity contribution in [1.82, 2.24) is 10.6 Å². The first-order valence-corrected chi connectivity index (χ1v) is 8.93. The van der Waals surface area contributed by atoms with E-state index < -0.39 is 5.41 Å². The van der Waals surface area contributed by atoms with Gasteiger partial charge in [0.05, 0.1) is 13.7 Å². The first kappa shape index (κ1) is 21.2. The first-order chi connectivity index (χ1) is 11.6. The van der Waals surface area contributed by atoms with E-state index in [1.165, 1.54) is 0 Å². The average molecular weight is 367 g/mol. The number of carbonyl (C=O) groups excluding carboxylic acids is 1. The van der Waals surface area contributed by atoms with Gasteiger partial charge < -0.3 is 20.1 Å². The fourth-order valence-corrected chi connectivity index (χ4v) is 2.03. The summed E-state index contributed by atoms with van der Waals surface area (Å²) in [6, 6.07) is 5.76. The molecule has 1 aromatic rings. The largest absolute Gasteiger partial charge is 0.493 e. The van der Waals surface area contributed by atoms with Gasteiger partial charge in [0.15, 0.2) is 16.6 Å². The van der Waals surface area contributed by atoms with Crippen LogP contribution in [0.2, 0.25) is 0 Å². The molecule has 6 heteroatoms. The average Bonchev–Trinajstić information content (AvgIpc) is 2.52. The molecule has 25 heavy (non-hydrogen) atoms. The zero-order chi connectivity index (χ0) is 19.0. The second kappa shape index (κ2) is 9.61. The van der Waals surface area contributed by atoms with Crippen molar-refractivity contribution in [2.24, 2.45) is 11.3 Å². The smallest absolute Gasteiger partial charge is 0.231 e. The maximum Gasteiger partial charge on any atom is 0.231 e. The highest BCUT2D eigenvalue weighted by atomic mass is 32.1. The van der Waals surface area contributed by atoms with Crippen LogP contribution in [0, 0.1) is 11.3 Å². The Kier molecular flexibility index (Phi) is 8.16. The lowest BCUT2D eigenvalue weighted by atomic mass is 9.96. The number of rotatable bonds is 7. The number of methoxy groups -OCH3 is 1. The van der Waals surface area contributed by atoms with Crippen molar-refractivity contribution in [1.29, 1.82) is 0 Å². The van der Waals surface area contributed by atoms with Crippen LogP contribution >= 0.6 is 12.2 Å². The van der Waals surface area contributed by atoms with Gasteiger partial charge in [-0.05, 0) is 42.3 Å². The van der Waals surface area contributed by atoms with Crippen molar-refractivity contribution in [3.63, 3.8) is 0 Å². The third-order valence-corrected chi connectivity index (χ3v) is 3.79. The fraction of sp³-hybridized carbons (Fsp3) is 0.579. The second-order valence-corrected chi connectivity index (χ2v) is 7.81. The summed E-state index contributed by atoms with van der Waals surface area (Å²) in [5, 5.41) is 6.04. The molecule has 0 aliphatic rings. The van der Waals surface area contributed by atoms with Crippen LogP contribution in [0.4, 0.5) is 0 Å². The zero-order valence-electron chi connectivity index (χ0n) is 16.1. The van der Waals surface area contributed by atoms with Crippen molar-refractivity contribution in [3.05, 3.63) is 23.8 Å². The van der Waals surface area contributed by atoms with E-state index in [0.717, 1.165) is 17.7 Å². The molecule has 1 rings (SSSR count). The molecule has 1 aromatic carbocycles. The lowest BCUT2D eigenvalue weighted by Gasteiger charge is -2.19. The predicted octanol–water partition coefficient (Wildman–Crippen LogP) is 3.66. The number of hydrogen-bond donors (Lipinski definition) is 2. The molecular weight excluding hydrogens is 336 g/mol. The van der Waals surface area contributed by atoms with Gasteiger partial charge in [-0.15, -0.1) is 0 Å². The molecule has 0 aliphatic carbocycles. The zero-order valence-corrected chi connectivity index (χ0v) is 16.9.